The third-order valence-electron chi connectivity index (χ3n) is 3.46. The number of piperidine rings is 1. The molecule has 0 aromatic heterocycles. The SMILES string of the molecule is N#Cc1ccc(S(=O)(=O)C2CCN(C(=O)O)CC2)cc1. The number of nitrogens with zero attached hydrogens (tertiary/aromatic N) is 2. The average Bonchev–Trinajstić information content (AvgIpc) is 2.47. The van der Waals surface area contributed by atoms with Crippen molar-refractivity contribution in [2.75, 3.05) is 13.1 Å². The summed E-state index contributed by atoms with van der Waals surface area (Å²) in [4.78, 5) is 12.2. The van der Waals surface area contributed by atoms with Gasteiger partial charge >= 0.3 is 6.09 Å². The molecule has 1 aromatic carbocycles. The van der Waals surface area contributed by atoms with Gasteiger partial charge in [0.2, 0.25) is 0 Å². The van der Waals surface area contributed by atoms with Crippen LogP contribution >= 0.6 is 0 Å². The highest BCUT2D eigenvalue weighted by atomic mass is 32.2. The minimum absolute atomic E-state index is 0.185. The zero-order valence-electron chi connectivity index (χ0n) is 10.7. The predicted molar refractivity (Wildman–Crippen MR) is 71.0 cm³/mol. The Balaban J connectivity index is 2.15. The molecule has 1 heterocycles. The summed E-state index contributed by atoms with van der Waals surface area (Å²) in [5, 5.41) is 17.0. The van der Waals surface area contributed by atoms with E-state index in [4.69, 9.17) is 10.4 Å². The maximum absolute atomic E-state index is 12.4. The van der Waals surface area contributed by atoms with E-state index >= 15 is 0 Å². The number of hydrogen-bond donors (Lipinski definition) is 1. The summed E-state index contributed by atoms with van der Waals surface area (Å²) in [6.45, 7) is 0.463. The van der Waals surface area contributed by atoms with Crippen LogP contribution in [0.15, 0.2) is 29.2 Å². The van der Waals surface area contributed by atoms with Crippen LogP contribution in [0, 0.1) is 11.3 Å². The third kappa shape index (κ3) is 2.75. The minimum atomic E-state index is -3.47. The van der Waals surface area contributed by atoms with Crippen LogP contribution in [0.1, 0.15) is 18.4 Å². The Morgan fingerprint density at radius 2 is 1.80 bits per heavy atom. The smallest absolute Gasteiger partial charge is 0.407 e. The van der Waals surface area contributed by atoms with E-state index in [-0.39, 0.29) is 18.0 Å². The summed E-state index contributed by atoms with van der Waals surface area (Å²) >= 11 is 0. The van der Waals surface area contributed by atoms with Gasteiger partial charge in [-0.15, -0.1) is 0 Å². The van der Waals surface area contributed by atoms with Crippen LogP contribution < -0.4 is 0 Å². The quantitative estimate of drug-likeness (QED) is 0.890. The average molecular weight is 294 g/mol. The number of rotatable bonds is 2. The number of carbonyl (C=O) groups is 1. The molecule has 0 atom stereocenters. The first kappa shape index (κ1) is 14.3. The lowest BCUT2D eigenvalue weighted by Crippen LogP contribution is -2.41. The molecule has 1 N–H and O–H groups in total. The van der Waals surface area contributed by atoms with Gasteiger partial charge in [-0.3, -0.25) is 0 Å². The van der Waals surface area contributed by atoms with Crippen molar-refractivity contribution in [1.29, 1.82) is 5.26 Å². The van der Waals surface area contributed by atoms with E-state index in [1.54, 1.807) is 0 Å². The van der Waals surface area contributed by atoms with Gasteiger partial charge in [-0.1, -0.05) is 0 Å². The number of benzene rings is 1. The van der Waals surface area contributed by atoms with E-state index in [2.05, 4.69) is 0 Å². The first-order chi connectivity index (χ1) is 9.45. The molecule has 1 aliphatic heterocycles. The number of carboxylic acid groups (broad SMARTS) is 1. The van der Waals surface area contributed by atoms with Crippen molar-refractivity contribution in [2.45, 2.75) is 23.0 Å². The standard InChI is InChI=1S/C13H14N2O4S/c14-9-10-1-3-11(4-2-10)20(18,19)12-5-7-15(8-6-12)13(16)17/h1-4,12H,5-8H2,(H,16,17). The zero-order valence-corrected chi connectivity index (χ0v) is 11.5. The summed E-state index contributed by atoms with van der Waals surface area (Å²) < 4.78 is 24.8. The molecule has 1 fully saturated rings. The molecule has 0 saturated carbocycles. The van der Waals surface area contributed by atoms with E-state index in [0.717, 1.165) is 0 Å². The fraction of sp³-hybridized carbons (Fsp3) is 0.385. The Hall–Kier alpha value is -2.07. The Labute approximate surface area is 117 Å². The van der Waals surface area contributed by atoms with Crippen LogP contribution in [0.5, 0.6) is 0 Å². The van der Waals surface area contributed by atoms with Gasteiger partial charge in [0.25, 0.3) is 0 Å². The van der Waals surface area contributed by atoms with Crippen LogP contribution in [0.3, 0.4) is 0 Å². The van der Waals surface area contributed by atoms with Crippen molar-refractivity contribution in [1.82, 2.24) is 4.90 Å². The monoisotopic (exact) mass is 294 g/mol. The molecule has 0 radical (unpaired) electrons. The first-order valence-electron chi connectivity index (χ1n) is 6.17. The van der Waals surface area contributed by atoms with Gasteiger partial charge in [-0.05, 0) is 37.1 Å². The van der Waals surface area contributed by atoms with Crippen molar-refractivity contribution in [3.63, 3.8) is 0 Å². The van der Waals surface area contributed by atoms with E-state index < -0.39 is 21.2 Å². The largest absolute Gasteiger partial charge is 0.465 e. The predicted octanol–water partition coefficient (Wildman–Crippen LogP) is 1.47. The van der Waals surface area contributed by atoms with Crippen LogP contribution in [0.2, 0.25) is 0 Å². The van der Waals surface area contributed by atoms with E-state index in [1.807, 2.05) is 6.07 Å². The van der Waals surface area contributed by atoms with Crippen LogP contribution in [0.25, 0.3) is 0 Å². The van der Waals surface area contributed by atoms with Crippen LogP contribution in [-0.2, 0) is 9.84 Å². The van der Waals surface area contributed by atoms with E-state index in [1.165, 1.54) is 29.2 Å². The summed E-state index contributed by atoms with van der Waals surface area (Å²) in [5.41, 5.74) is 0.407. The molecular weight excluding hydrogens is 280 g/mol. The number of sulfone groups is 1. The fourth-order valence-corrected chi connectivity index (χ4v) is 4.00. The molecule has 1 amide bonds. The molecule has 1 saturated heterocycles. The van der Waals surface area contributed by atoms with Crippen molar-refractivity contribution in [3.8, 4) is 6.07 Å². The van der Waals surface area contributed by atoms with Gasteiger partial charge < -0.3 is 10.0 Å². The maximum atomic E-state index is 12.4. The molecule has 0 aliphatic carbocycles. The highest BCUT2D eigenvalue weighted by Crippen LogP contribution is 2.24. The first-order valence-corrected chi connectivity index (χ1v) is 7.71. The Morgan fingerprint density at radius 1 is 1.25 bits per heavy atom. The Morgan fingerprint density at radius 3 is 2.25 bits per heavy atom. The topological polar surface area (TPSA) is 98.5 Å². The Bertz CT molecular complexity index is 638. The molecule has 1 aliphatic rings. The van der Waals surface area contributed by atoms with Gasteiger partial charge in [-0.25, -0.2) is 13.2 Å². The number of hydrogen-bond acceptors (Lipinski definition) is 4. The highest BCUT2D eigenvalue weighted by Gasteiger charge is 2.32. The second-order valence-corrected chi connectivity index (χ2v) is 6.88. The molecule has 7 heteroatoms. The number of nitriles is 1. The van der Waals surface area contributed by atoms with E-state index in [9.17, 15) is 13.2 Å². The summed E-state index contributed by atoms with van der Waals surface area (Å²) in [7, 11) is -3.47. The molecule has 0 spiro atoms. The second kappa shape index (κ2) is 5.51. The normalized spacial score (nSPS) is 16.6. The van der Waals surface area contributed by atoms with Gasteiger partial charge in [0.15, 0.2) is 9.84 Å². The van der Waals surface area contributed by atoms with Crippen LogP contribution in [-0.4, -0.2) is 42.9 Å². The molecule has 106 valence electrons. The van der Waals surface area contributed by atoms with Crippen molar-refractivity contribution in [2.24, 2.45) is 0 Å². The Kier molecular flexibility index (Phi) is 3.95. The van der Waals surface area contributed by atoms with Gasteiger partial charge in [0.05, 0.1) is 21.8 Å². The lowest BCUT2D eigenvalue weighted by Gasteiger charge is -2.29. The fourth-order valence-electron chi connectivity index (χ4n) is 2.27. The second-order valence-electron chi connectivity index (χ2n) is 4.65. The van der Waals surface area contributed by atoms with Crippen LogP contribution in [0.4, 0.5) is 4.79 Å². The molecule has 1 aromatic rings. The lowest BCUT2D eigenvalue weighted by atomic mass is 10.1. The van der Waals surface area contributed by atoms with Gasteiger partial charge in [-0.2, -0.15) is 5.26 Å². The summed E-state index contributed by atoms with van der Waals surface area (Å²) in [5.74, 6) is 0. The van der Waals surface area contributed by atoms with Crippen molar-refractivity contribution < 1.29 is 18.3 Å². The molecule has 2 rings (SSSR count). The summed E-state index contributed by atoms with van der Waals surface area (Å²) in [6.07, 6.45) is -0.414. The summed E-state index contributed by atoms with van der Waals surface area (Å²) in [6, 6.07) is 7.74. The van der Waals surface area contributed by atoms with Crippen molar-refractivity contribution in [3.05, 3.63) is 29.8 Å². The maximum Gasteiger partial charge on any atom is 0.407 e. The molecule has 6 nitrogen and oxygen atoms in total. The van der Waals surface area contributed by atoms with Gasteiger partial charge in [0.1, 0.15) is 0 Å². The highest BCUT2D eigenvalue weighted by molar-refractivity contribution is 7.92. The third-order valence-corrected chi connectivity index (χ3v) is 5.74. The lowest BCUT2D eigenvalue weighted by molar-refractivity contribution is 0.136. The van der Waals surface area contributed by atoms with E-state index in [0.29, 0.717) is 18.4 Å². The van der Waals surface area contributed by atoms with Gasteiger partial charge in [0, 0.05) is 13.1 Å². The molecule has 0 bridgehead atoms. The number of amides is 1. The molecule has 0 unspecified atom stereocenters. The molecular formula is C13H14N2O4S. The number of likely N-dealkylation sites (tertiary alicyclic amines) is 1. The van der Waals surface area contributed by atoms with Crippen molar-refractivity contribution >= 4 is 15.9 Å². The minimum Gasteiger partial charge on any atom is -0.465 e. The molecule has 20 heavy (non-hydrogen) atoms. The zero-order chi connectivity index (χ0) is 14.8.